The summed E-state index contributed by atoms with van der Waals surface area (Å²) < 4.78 is 0. The van der Waals surface area contributed by atoms with Gasteiger partial charge >= 0.3 is 5.97 Å². The van der Waals surface area contributed by atoms with Crippen LogP contribution in [-0.4, -0.2) is 27.9 Å². The molecule has 1 heterocycles. The van der Waals surface area contributed by atoms with Crippen LogP contribution in [0.5, 0.6) is 0 Å². The van der Waals surface area contributed by atoms with Crippen LogP contribution in [0.25, 0.3) is 0 Å². The third-order valence-corrected chi connectivity index (χ3v) is 3.23. The molecule has 0 spiro atoms. The number of aliphatic carboxylic acids is 1. The van der Waals surface area contributed by atoms with Crippen LogP contribution in [0.1, 0.15) is 12.5 Å². The Labute approximate surface area is 107 Å². The number of benzene rings is 1. The second-order valence-electron chi connectivity index (χ2n) is 4.01. The Balaban J connectivity index is 2.44. The molecule has 0 aliphatic carbocycles. The van der Waals surface area contributed by atoms with E-state index < -0.39 is 16.8 Å². The molecule has 5 heteroatoms. The molecule has 1 amide bonds. The molecule has 1 N–H and O–H groups in total. The van der Waals surface area contributed by atoms with Gasteiger partial charge in [-0.1, -0.05) is 34.1 Å². The number of alkyl halides is 1. The predicted molar refractivity (Wildman–Crippen MR) is 67.4 cm³/mol. The van der Waals surface area contributed by atoms with Crippen molar-refractivity contribution in [3.05, 3.63) is 29.8 Å². The van der Waals surface area contributed by atoms with Gasteiger partial charge in [-0.05, 0) is 18.6 Å². The Morgan fingerprint density at radius 3 is 2.71 bits per heavy atom. The molecule has 0 aromatic heterocycles. The fourth-order valence-electron chi connectivity index (χ4n) is 2.05. The molecule has 90 valence electrons. The molecular weight excluding hydrogens is 286 g/mol. The van der Waals surface area contributed by atoms with E-state index in [4.69, 9.17) is 0 Å². The number of carbonyl (C=O) groups excluding carboxylic acids is 1. The van der Waals surface area contributed by atoms with Gasteiger partial charge in [0.25, 0.3) is 0 Å². The first-order valence-electron chi connectivity index (χ1n) is 5.30. The number of para-hydroxylation sites is 1. The molecule has 1 aromatic rings. The number of nitrogens with zero attached hydrogens (tertiary/aromatic N) is 1. The lowest BCUT2D eigenvalue weighted by molar-refractivity contribution is -0.139. The van der Waals surface area contributed by atoms with Crippen molar-refractivity contribution >= 4 is 33.5 Å². The largest absolute Gasteiger partial charge is 0.480 e. The number of fused-ring (bicyclic) bond motifs is 1. The van der Waals surface area contributed by atoms with E-state index in [1.165, 1.54) is 4.90 Å². The van der Waals surface area contributed by atoms with Crippen LogP contribution in [0.4, 0.5) is 5.69 Å². The zero-order chi connectivity index (χ0) is 12.6. The lowest BCUT2D eigenvalue weighted by atomic mass is 10.1. The first kappa shape index (κ1) is 12.1. The Bertz CT molecular complexity index is 473. The van der Waals surface area contributed by atoms with Gasteiger partial charge in [-0.3, -0.25) is 9.69 Å². The summed E-state index contributed by atoms with van der Waals surface area (Å²) in [4.78, 5) is 24.2. The van der Waals surface area contributed by atoms with Crippen molar-refractivity contribution in [3.63, 3.8) is 0 Å². The van der Waals surface area contributed by atoms with Gasteiger partial charge in [0.1, 0.15) is 6.04 Å². The summed E-state index contributed by atoms with van der Waals surface area (Å²) in [5.74, 6) is -1.19. The van der Waals surface area contributed by atoms with E-state index in [0.29, 0.717) is 12.1 Å². The zero-order valence-electron chi connectivity index (χ0n) is 9.26. The highest BCUT2D eigenvalue weighted by Gasteiger charge is 2.39. The third kappa shape index (κ3) is 2.07. The Morgan fingerprint density at radius 2 is 2.12 bits per heavy atom. The van der Waals surface area contributed by atoms with Crippen molar-refractivity contribution in [1.29, 1.82) is 0 Å². The minimum Gasteiger partial charge on any atom is -0.480 e. The fraction of sp³-hybridized carbons (Fsp3) is 0.333. The van der Waals surface area contributed by atoms with Crippen molar-refractivity contribution in [1.82, 2.24) is 0 Å². The lowest BCUT2D eigenvalue weighted by Crippen LogP contribution is -2.45. The first-order valence-corrected chi connectivity index (χ1v) is 6.22. The topological polar surface area (TPSA) is 57.6 Å². The SMILES string of the molecule is CC(Br)C(=O)N1c2ccccc2CC1C(=O)O. The van der Waals surface area contributed by atoms with E-state index >= 15 is 0 Å². The maximum atomic E-state index is 12.0. The number of carboxylic acid groups (broad SMARTS) is 1. The zero-order valence-corrected chi connectivity index (χ0v) is 10.8. The van der Waals surface area contributed by atoms with Crippen molar-refractivity contribution in [2.45, 2.75) is 24.2 Å². The Kier molecular flexibility index (Phi) is 3.19. The molecule has 0 radical (unpaired) electrons. The van der Waals surface area contributed by atoms with Crippen LogP contribution in [0, 0.1) is 0 Å². The second-order valence-corrected chi connectivity index (χ2v) is 5.38. The summed E-state index contributed by atoms with van der Waals surface area (Å²) in [6.45, 7) is 1.70. The lowest BCUT2D eigenvalue weighted by Gasteiger charge is -2.23. The number of amides is 1. The Hall–Kier alpha value is -1.36. The standard InChI is InChI=1S/C12H12BrNO3/c1-7(13)11(15)14-9-5-3-2-4-8(9)6-10(14)12(16)17/h2-5,7,10H,6H2,1H3,(H,16,17). The highest BCUT2D eigenvalue weighted by Crippen LogP contribution is 2.33. The average Bonchev–Trinajstić information content (AvgIpc) is 2.67. The van der Waals surface area contributed by atoms with Crippen molar-refractivity contribution < 1.29 is 14.7 Å². The molecule has 2 unspecified atom stereocenters. The summed E-state index contributed by atoms with van der Waals surface area (Å²) in [6.07, 6.45) is 0.372. The van der Waals surface area contributed by atoms with Gasteiger partial charge in [0.15, 0.2) is 0 Å². The van der Waals surface area contributed by atoms with Gasteiger partial charge in [0.05, 0.1) is 4.83 Å². The number of anilines is 1. The molecule has 0 fully saturated rings. The summed E-state index contributed by atoms with van der Waals surface area (Å²) in [5.41, 5.74) is 1.61. The monoisotopic (exact) mass is 297 g/mol. The van der Waals surface area contributed by atoms with Crippen molar-refractivity contribution in [2.75, 3.05) is 4.90 Å². The van der Waals surface area contributed by atoms with Gasteiger partial charge in [-0.15, -0.1) is 0 Å². The van der Waals surface area contributed by atoms with Crippen LogP contribution in [0.3, 0.4) is 0 Å². The Morgan fingerprint density at radius 1 is 1.47 bits per heavy atom. The minimum atomic E-state index is -0.970. The molecule has 0 bridgehead atoms. The van der Waals surface area contributed by atoms with E-state index in [1.54, 1.807) is 13.0 Å². The first-order chi connectivity index (χ1) is 8.02. The van der Waals surface area contributed by atoms with E-state index in [0.717, 1.165) is 5.56 Å². The normalized spacial score (nSPS) is 19.9. The van der Waals surface area contributed by atoms with E-state index in [9.17, 15) is 14.7 Å². The molecule has 1 aromatic carbocycles. The number of carbonyl (C=O) groups is 2. The third-order valence-electron chi connectivity index (χ3n) is 2.84. The summed E-state index contributed by atoms with van der Waals surface area (Å²) in [7, 11) is 0. The summed E-state index contributed by atoms with van der Waals surface area (Å²) in [6, 6.07) is 6.51. The second kappa shape index (κ2) is 4.49. The number of rotatable bonds is 2. The van der Waals surface area contributed by atoms with E-state index in [2.05, 4.69) is 15.9 Å². The molecule has 2 rings (SSSR count). The van der Waals surface area contributed by atoms with Gasteiger partial charge in [0.2, 0.25) is 5.91 Å². The van der Waals surface area contributed by atoms with Crippen molar-refractivity contribution in [3.8, 4) is 0 Å². The van der Waals surface area contributed by atoms with Gasteiger partial charge in [0, 0.05) is 12.1 Å². The maximum absolute atomic E-state index is 12.0. The van der Waals surface area contributed by atoms with Gasteiger partial charge in [-0.2, -0.15) is 0 Å². The highest BCUT2D eigenvalue weighted by molar-refractivity contribution is 9.10. The highest BCUT2D eigenvalue weighted by atomic mass is 79.9. The molecule has 0 saturated carbocycles. The minimum absolute atomic E-state index is 0.220. The van der Waals surface area contributed by atoms with Gasteiger partial charge < -0.3 is 5.11 Å². The van der Waals surface area contributed by atoms with Crippen LogP contribution in [0.2, 0.25) is 0 Å². The molecule has 1 aliphatic rings. The fourth-order valence-corrected chi connectivity index (χ4v) is 2.27. The molecule has 2 atom stereocenters. The van der Waals surface area contributed by atoms with Crippen LogP contribution >= 0.6 is 15.9 Å². The average molecular weight is 298 g/mol. The molecular formula is C12H12BrNO3. The molecule has 17 heavy (non-hydrogen) atoms. The summed E-state index contributed by atoms with van der Waals surface area (Å²) >= 11 is 3.19. The predicted octanol–water partition coefficient (Wildman–Crippen LogP) is 1.81. The smallest absolute Gasteiger partial charge is 0.327 e. The number of hydrogen-bond acceptors (Lipinski definition) is 2. The summed E-state index contributed by atoms with van der Waals surface area (Å²) in [5, 5.41) is 9.18. The molecule has 0 saturated heterocycles. The van der Waals surface area contributed by atoms with E-state index in [1.807, 2.05) is 18.2 Å². The van der Waals surface area contributed by atoms with Crippen LogP contribution < -0.4 is 4.90 Å². The van der Waals surface area contributed by atoms with Crippen molar-refractivity contribution in [2.24, 2.45) is 0 Å². The van der Waals surface area contributed by atoms with Gasteiger partial charge in [-0.25, -0.2) is 4.79 Å². The number of carboxylic acids is 1. The maximum Gasteiger partial charge on any atom is 0.327 e. The van der Waals surface area contributed by atoms with Crippen LogP contribution in [0.15, 0.2) is 24.3 Å². The molecule has 1 aliphatic heterocycles. The number of hydrogen-bond donors (Lipinski definition) is 1. The number of halogens is 1. The molecule has 4 nitrogen and oxygen atoms in total. The van der Waals surface area contributed by atoms with Crippen LogP contribution in [-0.2, 0) is 16.0 Å². The van der Waals surface area contributed by atoms with E-state index in [-0.39, 0.29) is 5.91 Å². The quantitative estimate of drug-likeness (QED) is 0.847.